The molecule has 94 valence electrons. The molecule has 1 heterocycles. The molecule has 1 saturated heterocycles. The van der Waals surface area contributed by atoms with Crippen LogP contribution >= 0.6 is 12.4 Å². The van der Waals surface area contributed by atoms with Crippen LogP contribution in [0.15, 0.2) is 24.3 Å². The second-order valence-electron chi connectivity index (χ2n) is 4.09. The number of rotatable bonds is 3. The van der Waals surface area contributed by atoms with Crippen molar-refractivity contribution in [2.45, 2.75) is 12.8 Å². The minimum absolute atomic E-state index is 0. The number of para-hydroxylation sites is 1. The topological polar surface area (TPSA) is 41.1 Å². The first-order valence-corrected chi connectivity index (χ1v) is 5.51. The highest BCUT2D eigenvalue weighted by atomic mass is 35.5. The first-order valence-electron chi connectivity index (χ1n) is 5.51. The highest BCUT2D eigenvalue weighted by Crippen LogP contribution is 2.16. The van der Waals surface area contributed by atoms with Crippen LogP contribution in [-0.2, 0) is 4.79 Å². The number of halogens is 2. The quantitative estimate of drug-likeness (QED) is 0.873. The standard InChI is InChI=1S/C12H15FN2O.ClH/c13-10-3-1-2-4-11(10)15-12(16)7-9-5-6-14-8-9;/h1-4,9,14H,5-8H2,(H,15,16);1H. The van der Waals surface area contributed by atoms with Crippen molar-refractivity contribution < 1.29 is 9.18 Å². The molecule has 2 rings (SSSR count). The van der Waals surface area contributed by atoms with Gasteiger partial charge in [-0.15, -0.1) is 12.4 Å². The van der Waals surface area contributed by atoms with Crippen molar-refractivity contribution in [1.82, 2.24) is 5.32 Å². The molecule has 0 saturated carbocycles. The number of benzene rings is 1. The third kappa shape index (κ3) is 3.98. The Labute approximate surface area is 106 Å². The predicted octanol–water partition coefficient (Wildman–Crippen LogP) is 2.19. The number of amides is 1. The van der Waals surface area contributed by atoms with Gasteiger partial charge in [0.05, 0.1) is 5.69 Å². The molecule has 0 spiro atoms. The normalized spacial score (nSPS) is 18.5. The van der Waals surface area contributed by atoms with E-state index in [-0.39, 0.29) is 29.8 Å². The molecule has 1 amide bonds. The van der Waals surface area contributed by atoms with E-state index in [1.165, 1.54) is 6.07 Å². The monoisotopic (exact) mass is 258 g/mol. The summed E-state index contributed by atoms with van der Waals surface area (Å²) < 4.78 is 13.2. The lowest BCUT2D eigenvalue weighted by atomic mass is 10.0. The van der Waals surface area contributed by atoms with E-state index in [4.69, 9.17) is 0 Å². The van der Waals surface area contributed by atoms with E-state index >= 15 is 0 Å². The van der Waals surface area contributed by atoms with Gasteiger partial charge in [0, 0.05) is 6.42 Å². The molecular weight excluding hydrogens is 243 g/mol. The van der Waals surface area contributed by atoms with E-state index in [0.29, 0.717) is 12.3 Å². The highest BCUT2D eigenvalue weighted by Gasteiger charge is 2.18. The lowest BCUT2D eigenvalue weighted by Gasteiger charge is -2.09. The van der Waals surface area contributed by atoms with Crippen LogP contribution in [0.1, 0.15) is 12.8 Å². The maximum atomic E-state index is 13.2. The number of hydrogen-bond acceptors (Lipinski definition) is 2. The van der Waals surface area contributed by atoms with Crippen LogP contribution in [0.5, 0.6) is 0 Å². The zero-order valence-corrected chi connectivity index (χ0v) is 10.2. The summed E-state index contributed by atoms with van der Waals surface area (Å²) in [5.74, 6) is -0.119. The molecule has 1 unspecified atom stereocenters. The van der Waals surface area contributed by atoms with E-state index in [1.54, 1.807) is 18.2 Å². The van der Waals surface area contributed by atoms with Crippen molar-refractivity contribution in [3.8, 4) is 0 Å². The Morgan fingerprint density at radius 1 is 1.47 bits per heavy atom. The predicted molar refractivity (Wildman–Crippen MR) is 67.9 cm³/mol. The summed E-state index contributed by atoms with van der Waals surface area (Å²) in [6.45, 7) is 1.85. The van der Waals surface area contributed by atoms with Crippen molar-refractivity contribution in [2.75, 3.05) is 18.4 Å². The summed E-state index contributed by atoms with van der Waals surface area (Å²) in [7, 11) is 0. The summed E-state index contributed by atoms with van der Waals surface area (Å²) in [5, 5.41) is 5.79. The average Bonchev–Trinajstić information content (AvgIpc) is 2.74. The molecule has 0 aliphatic carbocycles. The van der Waals surface area contributed by atoms with Gasteiger partial charge in [0.15, 0.2) is 0 Å². The molecule has 1 fully saturated rings. The summed E-state index contributed by atoms with van der Waals surface area (Å²) in [4.78, 5) is 11.6. The number of nitrogens with one attached hydrogen (secondary N) is 2. The molecule has 1 aliphatic rings. The van der Waals surface area contributed by atoms with E-state index in [9.17, 15) is 9.18 Å². The van der Waals surface area contributed by atoms with E-state index < -0.39 is 0 Å². The maximum Gasteiger partial charge on any atom is 0.224 e. The third-order valence-corrected chi connectivity index (χ3v) is 2.78. The number of carbonyl (C=O) groups is 1. The van der Waals surface area contributed by atoms with E-state index in [2.05, 4.69) is 10.6 Å². The van der Waals surface area contributed by atoms with Gasteiger partial charge in [-0.25, -0.2) is 4.39 Å². The van der Waals surface area contributed by atoms with E-state index in [0.717, 1.165) is 19.5 Å². The Kier molecular flexibility index (Phi) is 5.38. The Hall–Kier alpha value is -1.13. The van der Waals surface area contributed by atoms with Crippen LogP contribution in [0.3, 0.4) is 0 Å². The fourth-order valence-corrected chi connectivity index (χ4v) is 1.91. The molecule has 1 aliphatic heterocycles. The smallest absolute Gasteiger partial charge is 0.224 e. The molecule has 5 heteroatoms. The molecule has 3 nitrogen and oxygen atoms in total. The molecule has 0 radical (unpaired) electrons. The summed E-state index contributed by atoms with van der Waals surface area (Å²) >= 11 is 0. The minimum atomic E-state index is -0.389. The number of carbonyl (C=O) groups excluding carboxylic acids is 1. The zero-order valence-electron chi connectivity index (χ0n) is 9.41. The van der Waals surface area contributed by atoms with Crippen LogP contribution in [0.4, 0.5) is 10.1 Å². The second-order valence-corrected chi connectivity index (χ2v) is 4.09. The van der Waals surface area contributed by atoms with Crippen molar-refractivity contribution >= 4 is 24.0 Å². The number of anilines is 1. The first-order chi connectivity index (χ1) is 7.75. The molecule has 1 atom stereocenters. The highest BCUT2D eigenvalue weighted by molar-refractivity contribution is 5.90. The molecule has 0 aromatic heterocycles. The Bertz CT molecular complexity index is 381. The van der Waals surface area contributed by atoms with Crippen LogP contribution in [0.25, 0.3) is 0 Å². The maximum absolute atomic E-state index is 13.2. The van der Waals surface area contributed by atoms with Gasteiger partial charge in [-0.3, -0.25) is 4.79 Å². The Balaban J connectivity index is 0.00000144. The second kappa shape index (κ2) is 6.57. The third-order valence-electron chi connectivity index (χ3n) is 2.78. The minimum Gasteiger partial charge on any atom is -0.324 e. The van der Waals surface area contributed by atoms with Gasteiger partial charge in [-0.05, 0) is 37.6 Å². The van der Waals surface area contributed by atoms with Gasteiger partial charge >= 0.3 is 0 Å². The Morgan fingerprint density at radius 2 is 2.24 bits per heavy atom. The van der Waals surface area contributed by atoms with Crippen molar-refractivity contribution in [1.29, 1.82) is 0 Å². The summed E-state index contributed by atoms with van der Waals surface area (Å²) in [6, 6.07) is 6.22. The van der Waals surface area contributed by atoms with Gasteiger partial charge in [-0.1, -0.05) is 12.1 Å². The van der Waals surface area contributed by atoms with Crippen LogP contribution in [-0.4, -0.2) is 19.0 Å². The van der Waals surface area contributed by atoms with Crippen molar-refractivity contribution in [3.05, 3.63) is 30.1 Å². The lowest BCUT2D eigenvalue weighted by Crippen LogP contribution is -2.18. The molecule has 17 heavy (non-hydrogen) atoms. The summed E-state index contributed by atoms with van der Waals surface area (Å²) in [5.41, 5.74) is 0.262. The van der Waals surface area contributed by atoms with Gasteiger partial charge < -0.3 is 10.6 Å². The largest absolute Gasteiger partial charge is 0.324 e. The van der Waals surface area contributed by atoms with E-state index in [1.807, 2.05) is 0 Å². The molecule has 1 aromatic carbocycles. The van der Waals surface area contributed by atoms with Crippen molar-refractivity contribution in [3.63, 3.8) is 0 Å². The lowest BCUT2D eigenvalue weighted by molar-refractivity contribution is -0.117. The number of hydrogen-bond donors (Lipinski definition) is 2. The van der Waals surface area contributed by atoms with Crippen LogP contribution in [0, 0.1) is 11.7 Å². The van der Waals surface area contributed by atoms with Crippen LogP contribution < -0.4 is 10.6 Å². The van der Waals surface area contributed by atoms with Gasteiger partial charge in [0.2, 0.25) is 5.91 Å². The Morgan fingerprint density at radius 3 is 2.88 bits per heavy atom. The average molecular weight is 259 g/mol. The first kappa shape index (κ1) is 13.9. The SMILES string of the molecule is Cl.O=C(CC1CCNC1)Nc1ccccc1F. The molecular formula is C12H16ClFN2O. The van der Waals surface area contributed by atoms with Crippen molar-refractivity contribution in [2.24, 2.45) is 5.92 Å². The van der Waals surface area contributed by atoms with Gasteiger partial charge in [-0.2, -0.15) is 0 Å². The van der Waals surface area contributed by atoms with Crippen LogP contribution in [0.2, 0.25) is 0 Å². The summed E-state index contributed by atoms with van der Waals surface area (Å²) in [6.07, 6.45) is 1.48. The molecule has 2 N–H and O–H groups in total. The van der Waals surface area contributed by atoms with Gasteiger partial charge in [0.25, 0.3) is 0 Å². The molecule has 1 aromatic rings. The fourth-order valence-electron chi connectivity index (χ4n) is 1.91. The fraction of sp³-hybridized carbons (Fsp3) is 0.417. The van der Waals surface area contributed by atoms with Gasteiger partial charge in [0.1, 0.15) is 5.82 Å². The molecule has 0 bridgehead atoms. The zero-order chi connectivity index (χ0) is 11.4.